The van der Waals surface area contributed by atoms with Crippen molar-refractivity contribution in [2.24, 2.45) is 5.73 Å². The first-order valence-corrected chi connectivity index (χ1v) is 7.58. The molecule has 0 spiro atoms. The number of aromatic carboxylic acids is 2. The molecule has 0 unspecified atom stereocenters. The van der Waals surface area contributed by atoms with E-state index in [-0.39, 0.29) is 41.3 Å². The molecule has 1 radical (unpaired) electrons. The van der Waals surface area contributed by atoms with Gasteiger partial charge in [0.2, 0.25) is 0 Å². The molecule has 0 saturated heterocycles. The molecule has 153 valence electrons. The van der Waals surface area contributed by atoms with E-state index in [1.54, 1.807) is 12.1 Å². The van der Waals surface area contributed by atoms with Crippen molar-refractivity contribution < 1.29 is 57.0 Å². The van der Waals surface area contributed by atoms with Crippen molar-refractivity contribution in [2.75, 3.05) is 0 Å². The van der Waals surface area contributed by atoms with Gasteiger partial charge in [-0.25, -0.2) is 0 Å². The molecule has 12 heteroatoms. The SMILES string of the molecule is N[C@@H](CCC(=O)O)C(=O)O.O=C([O-])c1cccnc1.O=C([O-])c1cccnc1.[Cr+3]. The van der Waals surface area contributed by atoms with Crippen LogP contribution in [0.2, 0.25) is 0 Å². The van der Waals surface area contributed by atoms with Crippen LogP contribution in [0.5, 0.6) is 0 Å². The average molecular weight is 443 g/mol. The molecule has 0 amide bonds. The summed E-state index contributed by atoms with van der Waals surface area (Å²) in [5, 5.41) is 36.4. The van der Waals surface area contributed by atoms with E-state index in [2.05, 4.69) is 9.97 Å². The number of nitrogens with zero attached hydrogens (tertiary/aromatic N) is 2. The molecule has 0 aliphatic heterocycles. The van der Waals surface area contributed by atoms with Gasteiger partial charge in [0, 0.05) is 42.3 Å². The van der Waals surface area contributed by atoms with Gasteiger partial charge in [-0.05, 0) is 18.6 Å². The van der Waals surface area contributed by atoms with Crippen molar-refractivity contribution in [3.8, 4) is 0 Å². The number of rotatable bonds is 6. The third-order valence-corrected chi connectivity index (χ3v) is 2.78. The van der Waals surface area contributed by atoms with Crippen molar-refractivity contribution in [2.45, 2.75) is 18.9 Å². The Kier molecular flexibility index (Phi) is 15.1. The third kappa shape index (κ3) is 14.4. The molecule has 2 rings (SSSR count). The van der Waals surface area contributed by atoms with Crippen LogP contribution in [-0.4, -0.2) is 50.1 Å². The fourth-order valence-electron chi connectivity index (χ4n) is 1.37. The van der Waals surface area contributed by atoms with Crippen molar-refractivity contribution >= 4 is 23.9 Å². The average Bonchev–Trinajstić information content (AvgIpc) is 2.68. The summed E-state index contributed by atoms with van der Waals surface area (Å²) in [5.41, 5.74) is 5.22. The Morgan fingerprint density at radius 1 is 0.931 bits per heavy atom. The van der Waals surface area contributed by atoms with E-state index in [1.165, 1.54) is 36.9 Å². The second-order valence-corrected chi connectivity index (χ2v) is 4.94. The van der Waals surface area contributed by atoms with Crippen molar-refractivity contribution in [1.82, 2.24) is 9.97 Å². The largest absolute Gasteiger partial charge is 3.00 e. The first kappa shape index (κ1) is 27.9. The first-order valence-electron chi connectivity index (χ1n) is 7.58. The summed E-state index contributed by atoms with van der Waals surface area (Å²) in [6, 6.07) is 4.90. The van der Waals surface area contributed by atoms with E-state index in [1.807, 2.05) is 0 Å². The molecule has 0 saturated carbocycles. The van der Waals surface area contributed by atoms with Crippen LogP contribution in [0.25, 0.3) is 0 Å². The number of carbonyl (C=O) groups excluding carboxylic acids is 2. The fraction of sp³-hybridized carbons (Fsp3) is 0.176. The van der Waals surface area contributed by atoms with E-state index >= 15 is 0 Å². The zero-order valence-corrected chi connectivity index (χ0v) is 16.1. The maximum atomic E-state index is 10.0. The molecule has 0 aliphatic carbocycles. The standard InChI is InChI=1S/2C6H5NO2.C5H9NO4.Cr/c2*8-6(9)5-2-1-3-7-4-5;6-3(5(9)10)1-2-4(7)8;/h2*1-4H,(H,8,9);3H,1-2,6H2,(H,7,8)(H,9,10);/q;;;+3/p-2/t;;3-;/m..0./s1. The fourth-order valence-corrected chi connectivity index (χ4v) is 1.37. The minimum absolute atomic E-state index is 0. The van der Waals surface area contributed by atoms with Crippen molar-refractivity contribution in [3.63, 3.8) is 0 Å². The number of hydrogen-bond donors (Lipinski definition) is 3. The molecule has 0 aromatic carbocycles. The Hall–Kier alpha value is -3.33. The van der Waals surface area contributed by atoms with Gasteiger partial charge in [0.15, 0.2) is 0 Å². The van der Waals surface area contributed by atoms with E-state index in [0.29, 0.717) is 0 Å². The van der Waals surface area contributed by atoms with Gasteiger partial charge in [-0.15, -0.1) is 0 Å². The molecule has 1 atom stereocenters. The molecular formula is C17H17CrN3O8+. The van der Waals surface area contributed by atoms with Crippen LogP contribution < -0.4 is 15.9 Å². The first-order chi connectivity index (χ1) is 13.1. The molecule has 2 heterocycles. The molecular weight excluding hydrogens is 426 g/mol. The Morgan fingerprint density at radius 3 is 1.55 bits per heavy atom. The summed E-state index contributed by atoms with van der Waals surface area (Å²) in [6.45, 7) is 0. The van der Waals surface area contributed by atoms with E-state index in [4.69, 9.17) is 15.9 Å². The quantitative estimate of drug-likeness (QED) is 0.451. The van der Waals surface area contributed by atoms with Gasteiger partial charge >= 0.3 is 29.3 Å². The van der Waals surface area contributed by atoms with Crippen LogP contribution in [0.15, 0.2) is 49.1 Å². The summed E-state index contributed by atoms with van der Waals surface area (Å²) >= 11 is 0. The van der Waals surface area contributed by atoms with Gasteiger partial charge in [0.05, 0.1) is 11.9 Å². The summed E-state index contributed by atoms with van der Waals surface area (Å²) in [4.78, 5) is 47.1. The van der Waals surface area contributed by atoms with Gasteiger partial charge in [-0.3, -0.25) is 19.6 Å². The van der Waals surface area contributed by atoms with Crippen LogP contribution in [-0.2, 0) is 27.0 Å². The van der Waals surface area contributed by atoms with Gasteiger partial charge in [0.1, 0.15) is 6.04 Å². The monoisotopic (exact) mass is 443 g/mol. The zero-order valence-electron chi connectivity index (χ0n) is 14.8. The van der Waals surface area contributed by atoms with Crippen LogP contribution in [0.1, 0.15) is 33.6 Å². The Morgan fingerprint density at radius 2 is 1.34 bits per heavy atom. The van der Waals surface area contributed by atoms with E-state index in [0.717, 1.165) is 0 Å². The summed E-state index contributed by atoms with van der Waals surface area (Å²) in [5.74, 6) is -4.58. The van der Waals surface area contributed by atoms with Crippen LogP contribution in [0, 0.1) is 0 Å². The number of aliphatic carboxylic acids is 2. The minimum Gasteiger partial charge on any atom is -0.545 e. The molecule has 0 fully saturated rings. The zero-order chi connectivity index (χ0) is 21.5. The molecule has 4 N–H and O–H groups in total. The van der Waals surface area contributed by atoms with Gasteiger partial charge in [-0.1, -0.05) is 12.1 Å². The van der Waals surface area contributed by atoms with Gasteiger partial charge < -0.3 is 35.7 Å². The second-order valence-electron chi connectivity index (χ2n) is 4.94. The Bertz CT molecular complexity index is 725. The van der Waals surface area contributed by atoms with Crippen molar-refractivity contribution in [3.05, 3.63) is 60.2 Å². The molecule has 0 bridgehead atoms. The number of pyridine rings is 2. The van der Waals surface area contributed by atoms with Crippen LogP contribution in [0.4, 0.5) is 0 Å². The van der Waals surface area contributed by atoms with Gasteiger partial charge in [-0.2, -0.15) is 0 Å². The number of carboxylic acids is 4. The number of carbonyl (C=O) groups is 4. The normalized spacial score (nSPS) is 9.83. The van der Waals surface area contributed by atoms with Crippen LogP contribution >= 0.6 is 0 Å². The number of carboxylic acid groups (broad SMARTS) is 4. The summed E-state index contributed by atoms with van der Waals surface area (Å²) in [7, 11) is 0. The predicted molar refractivity (Wildman–Crippen MR) is 89.6 cm³/mol. The smallest absolute Gasteiger partial charge is 0.545 e. The summed E-state index contributed by atoms with van der Waals surface area (Å²) in [6.07, 6.45) is 5.28. The van der Waals surface area contributed by atoms with E-state index < -0.39 is 29.9 Å². The number of hydrogen-bond acceptors (Lipinski definition) is 9. The number of nitrogens with two attached hydrogens (primary N) is 1. The summed E-state index contributed by atoms with van der Waals surface area (Å²) < 4.78 is 0. The van der Waals surface area contributed by atoms with Gasteiger partial charge in [0.25, 0.3) is 0 Å². The Labute approximate surface area is 176 Å². The molecule has 11 nitrogen and oxygen atoms in total. The molecule has 2 aromatic heterocycles. The maximum Gasteiger partial charge on any atom is 3.00 e. The minimum atomic E-state index is -1.19. The topological polar surface area (TPSA) is 207 Å². The molecule has 29 heavy (non-hydrogen) atoms. The van der Waals surface area contributed by atoms with Crippen molar-refractivity contribution in [1.29, 1.82) is 0 Å². The van der Waals surface area contributed by atoms with E-state index in [9.17, 15) is 29.4 Å². The van der Waals surface area contributed by atoms with Crippen LogP contribution in [0.3, 0.4) is 0 Å². The number of aromatic nitrogens is 2. The second kappa shape index (κ2) is 15.7. The Balaban J connectivity index is 0. The third-order valence-electron chi connectivity index (χ3n) is 2.78. The molecule has 2 aromatic rings. The predicted octanol–water partition coefficient (Wildman–Crippen LogP) is -1.85. The maximum absolute atomic E-state index is 10.0. The molecule has 0 aliphatic rings.